The van der Waals surface area contributed by atoms with Crippen LogP contribution in [-0.2, 0) is 33.2 Å². The van der Waals surface area contributed by atoms with Gasteiger partial charge in [-0.15, -0.1) is 0 Å². The molecule has 0 heterocycles. The summed E-state index contributed by atoms with van der Waals surface area (Å²) in [5.41, 5.74) is 0. The van der Waals surface area contributed by atoms with Gasteiger partial charge in [0.25, 0.3) is 0 Å². The largest absolute Gasteiger partial charge is 0.509 e. The molecule has 0 aromatic heterocycles. The lowest BCUT2D eigenvalue weighted by Gasteiger charge is -2.12. The minimum atomic E-state index is -1.04. The molecule has 1 unspecified atom stereocenters. The standard InChI is InChI=1S/C21H38O9/c1-4-6-8-9-10-11-13-27-20(23)28-16-14-25-15-17-29-21(24)30-18(3)19(22)26-12-7-5-2/h18H,4-17H2,1-3H3. The van der Waals surface area contributed by atoms with Crippen LogP contribution in [0.2, 0.25) is 0 Å². The highest BCUT2D eigenvalue weighted by Crippen LogP contribution is 2.05. The normalized spacial score (nSPS) is 11.4. The van der Waals surface area contributed by atoms with Crippen LogP contribution < -0.4 is 0 Å². The van der Waals surface area contributed by atoms with Crippen molar-refractivity contribution in [3.8, 4) is 0 Å². The fourth-order valence-electron chi connectivity index (χ4n) is 2.21. The number of esters is 1. The van der Waals surface area contributed by atoms with Crippen LogP contribution >= 0.6 is 0 Å². The van der Waals surface area contributed by atoms with Gasteiger partial charge in [0.05, 0.1) is 26.4 Å². The summed E-state index contributed by atoms with van der Waals surface area (Å²) in [6.07, 6.45) is 5.59. The van der Waals surface area contributed by atoms with Crippen LogP contribution in [0.3, 0.4) is 0 Å². The number of ether oxygens (including phenoxy) is 6. The number of rotatable bonds is 18. The Morgan fingerprint density at radius 2 is 1.13 bits per heavy atom. The number of hydrogen-bond donors (Lipinski definition) is 0. The van der Waals surface area contributed by atoms with Gasteiger partial charge in [0.2, 0.25) is 0 Å². The smallest absolute Gasteiger partial charge is 0.463 e. The third-order valence-corrected chi connectivity index (χ3v) is 3.96. The van der Waals surface area contributed by atoms with E-state index in [1.807, 2.05) is 6.92 Å². The molecule has 0 bridgehead atoms. The molecule has 0 N–H and O–H groups in total. The van der Waals surface area contributed by atoms with Crippen LogP contribution in [0.25, 0.3) is 0 Å². The lowest BCUT2D eigenvalue weighted by atomic mass is 10.1. The maximum Gasteiger partial charge on any atom is 0.509 e. The molecule has 0 aliphatic heterocycles. The zero-order valence-corrected chi connectivity index (χ0v) is 18.7. The molecule has 0 aromatic carbocycles. The van der Waals surface area contributed by atoms with E-state index in [0.717, 1.165) is 32.1 Å². The van der Waals surface area contributed by atoms with Crippen molar-refractivity contribution in [3.63, 3.8) is 0 Å². The zero-order valence-electron chi connectivity index (χ0n) is 18.7. The molecule has 0 rings (SSSR count). The minimum Gasteiger partial charge on any atom is -0.463 e. The van der Waals surface area contributed by atoms with Gasteiger partial charge < -0.3 is 28.4 Å². The Kier molecular flexibility index (Phi) is 18.9. The molecule has 0 fully saturated rings. The molecule has 0 saturated heterocycles. The molecule has 0 saturated carbocycles. The minimum absolute atomic E-state index is 0.0421. The van der Waals surface area contributed by atoms with Crippen molar-refractivity contribution in [1.82, 2.24) is 0 Å². The van der Waals surface area contributed by atoms with Gasteiger partial charge in [-0.05, 0) is 19.8 Å². The molecule has 30 heavy (non-hydrogen) atoms. The molecule has 0 radical (unpaired) electrons. The summed E-state index contributed by atoms with van der Waals surface area (Å²) in [6.45, 7) is 6.43. The summed E-state index contributed by atoms with van der Waals surface area (Å²) in [6, 6.07) is 0. The van der Waals surface area contributed by atoms with Crippen molar-refractivity contribution in [3.05, 3.63) is 0 Å². The summed E-state index contributed by atoms with van der Waals surface area (Å²) in [5.74, 6) is -0.614. The fourth-order valence-corrected chi connectivity index (χ4v) is 2.21. The number of hydrogen-bond acceptors (Lipinski definition) is 9. The maximum absolute atomic E-state index is 11.6. The molecule has 0 aromatic rings. The number of carbonyl (C=O) groups excluding carboxylic acids is 3. The first-order valence-corrected chi connectivity index (χ1v) is 10.9. The van der Waals surface area contributed by atoms with Gasteiger partial charge in [-0.25, -0.2) is 14.4 Å². The Bertz CT molecular complexity index is 454. The number of carbonyl (C=O) groups is 3. The quantitative estimate of drug-likeness (QED) is 0.176. The Morgan fingerprint density at radius 1 is 0.600 bits per heavy atom. The Hall–Kier alpha value is -2.03. The van der Waals surface area contributed by atoms with Crippen LogP contribution in [0.1, 0.15) is 72.1 Å². The summed E-state index contributed by atoms with van der Waals surface area (Å²) >= 11 is 0. The second kappa shape index (κ2) is 20.3. The molecule has 0 aliphatic rings. The highest BCUT2D eigenvalue weighted by molar-refractivity contribution is 5.76. The SMILES string of the molecule is CCCCCCCCOC(=O)OCCOCCOC(=O)OC(C)C(=O)OCCCC. The van der Waals surface area contributed by atoms with E-state index < -0.39 is 24.4 Å². The Labute approximate surface area is 179 Å². The van der Waals surface area contributed by atoms with Gasteiger partial charge in [-0.3, -0.25) is 0 Å². The average molecular weight is 435 g/mol. The first-order valence-electron chi connectivity index (χ1n) is 10.9. The predicted molar refractivity (Wildman–Crippen MR) is 109 cm³/mol. The third-order valence-electron chi connectivity index (χ3n) is 3.96. The van der Waals surface area contributed by atoms with E-state index in [1.165, 1.54) is 26.2 Å². The third kappa shape index (κ3) is 18.0. The summed E-state index contributed by atoms with van der Waals surface area (Å²) in [4.78, 5) is 34.4. The highest BCUT2D eigenvalue weighted by Gasteiger charge is 2.19. The van der Waals surface area contributed by atoms with Gasteiger partial charge in [-0.1, -0.05) is 52.4 Å². The van der Waals surface area contributed by atoms with Crippen LogP contribution in [-0.4, -0.2) is 64.0 Å². The summed E-state index contributed by atoms with van der Waals surface area (Å²) in [5, 5.41) is 0. The van der Waals surface area contributed by atoms with Crippen LogP contribution in [0.15, 0.2) is 0 Å². The first kappa shape index (κ1) is 28.0. The lowest BCUT2D eigenvalue weighted by Crippen LogP contribution is -2.27. The predicted octanol–water partition coefficient (Wildman–Crippen LogP) is 4.40. The van der Waals surface area contributed by atoms with E-state index in [9.17, 15) is 14.4 Å². The molecule has 0 spiro atoms. The monoisotopic (exact) mass is 434 g/mol. The Balaban J connectivity index is 3.50. The zero-order chi connectivity index (χ0) is 22.5. The van der Waals surface area contributed by atoms with Crippen LogP contribution in [0, 0.1) is 0 Å². The van der Waals surface area contributed by atoms with E-state index in [4.69, 9.17) is 28.4 Å². The fraction of sp³-hybridized carbons (Fsp3) is 0.857. The second-order valence-electron chi connectivity index (χ2n) is 6.71. The summed E-state index contributed by atoms with van der Waals surface area (Å²) in [7, 11) is 0. The van der Waals surface area contributed by atoms with Gasteiger partial charge in [0.15, 0.2) is 6.10 Å². The lowest BCUT2D eigenvalue weighted by molar-refractivity contribution is -0.154. The van der Waals surface area contributed by atoms with Crippen molar-refractivity contribution in [1.29, 1.82) is 0 Å². The van der Waals surface area contributed by atoms with E-state index in [1.54, 1.807) is 0 Å². The van der Waals surface area contributed by atoms with Crippen molar-refractivity contribution < 1.29 is 42.8 Å². The van der Waals surface area contributed by atoms with Gasteiger partial charge >= 0.3 is 18.3 Å². The molecule has 176 valence electrons. The highest BCUT2D eigenvalue weighted by atomic mass is 16.7. The molecule has 1 atom stereocenters. The molecular weight excluding hydrogens is 396 g/mol. The van der Waals surface area contributed by atoms with Gasteiger partial charge in [0, 0.05) is 0 Å². The molecule has 0 aliphatic carbocycles. The van der Waals surface area contributed by atoms with E-state index in [2.05, 4.69) is 6.92 Å². The molecule has 9 heteroatoms. The average Bonchev–Trinajstić information content (AvgIpc) is 2.72. The molecule has 0 amide bonds. The van der Waals surface area contributed by atoms with E-state index in [0.29, 0.717) is 13.2 Å². The van der Waals surface area contributed by atoms with E-state index >= 15 is 0 Å². The van der Waals surface area contributed by atoms with Crippen molar-refractivity contribution >= 4 is 18.3 Å². The maximum atomic E-state index is 11.6. The van der Waals surface area contributed by atoms with Crippen molar-refractivity contribution in [2.45, 2.75) is 78.2 Å². The van der Waals surface area contributed by atoms with E-state index in [-0.39, 0.29) is 26.4 Å². The van der Waals surface area contributed by atoms with Crippen LogP contribution in [0.4, 0.5) is 9.59 Å². The first-order chi connectivity index (χ1) is 14.5. The van der Waals surface area contributed by atoms with Crippen molar-refractivity contribution in [2.24, 2.45) is 0 Å². The molecule has 9 nitrogen and oxygen atoms in total. The topological polar surface area (TPSA) is 107 Å². The summed E-state index contributed by atoms with van der Waals surface area (Å²) < 4.78 is 29.5. The molecular formula is C21H38O9. The van der Waals surface area contributed by atoms with Crippen molar-refractivity contribution in [2.75, 3.05) is 39.6 Å². The van der Waals surface area contributed by atoms with Gasteiger partial charge in [0.1, 0.15) is 13.2 Å². The van der Waals surface area contributed by atoms with Crippen LogP contribution in [0.5, 0.6) is 0 Å². The number of unbranched alkanes of at least 4 members (excludes halogenated alkanes) is 6. The Morgan fingerprint density at radius 3 is 1.80 bits per heavy atom. The van der Waals surface area contributed by atoms with Gasteiger partial charge in [-0.2, -0.15) is 0 Å². The second-order valence-corrected chi connectivity index (χ2v) is 6.71.